The third-order valence-electron chi connectivity index (χ3n) is 2.09. The predicted octanol–water partition coefficient (Wildman–Crippen LogP) is 2.80. The Labute approximate surface area is 103 Å². The quantitative estimate of drug-likeness (QED) is 0.814. The summed E-state index contributed by atoms with van der Waals surface area (Å²) in [7, 11) is 0. The Morgan fingerprint density at radius 1 is 1.67 bits per heavy atom. The third kappa shape index (κ3) is 4.07. The summed E-state index contributed by atoms with van der Waals surface area (Å²) >= 11 is 5.27. The molecule has 0 aliphatic rings. The van der Waals surface area contributed by atoms with Gasteiger partial charge < -0.3 is 5.11 Å². The molecule has 0 atom stereocenters. The van der Waals surface area contributed by atoms with Gasteiger partial charge in [-0.2, -0.15) is 0 Å². The number of nitrogens with zero attached hydrogens (tertiary/aromatic N) is 1. The molecule has 84 valence electrons. The Hall–Kier alpha value is -0.160. The van der Waals surface area contributed by atoms with E-state index in [4.69, 9.17) is 5.11 Å². The molecule has 2 nitrogen and oxygen atoms in total. The molecule has 0 bridgehead atoms. The molecule has 0 radical (unpaired) electrons. The van der Waals surface area contributed by atoms with Gasteiger partial charge in [0.25, 0.3) is 0 Å². The number of aliphatic hydroxyl groups is 1. The minimum Gasteiger partial charge on any atom is -0.395 e. The molecule has 0 amide bonds. The van der Waals surface area contributed by atoms with E-state index in [-0.39, 0.29) is 6.61 Å². The van der Waals surface area contributed by atoms with Crippen LogP contribution in [0.5, 0.6) is 0 Å². The molecule has 0 aromatic carbocycles. The molecule has 1 aromatic rings. The molecule has 1 N–H and O–H groups in total. The van der Waals surface area contributed by atoms with E-state index < -0.39 is 0 Å². The molecule has 1 rings (SSSR count). The Balaban J connectivity index is 2.60. The van der Waals surface area contributed by atoms with Crippen molar-refractivity contribution >= 4 is 27.3 Å². The minimum atomic E-state index is 0.194. The van der Waals surface area contributed by atoms with Gasteiger partial charge in [-0.1, -0.05) is 6.08 Å². The number of halogens is 1. The maximum atomic E-state index is 8.92. The van der Waals surface area contributed by atoms with Crippen LogP contribution in [-0.2, 0) is 6.54 Å². The Morgan fingerprint density at radius 3 is 2.87 bits per heavy atom. The van der Waals surface area contributed by atoms with Crippen molar-refractivity contribution in [2.45, 2.75) is 13.5 Å². The van der Waals surface area contributed by atoms with Crippen molar-refractivity contribution in [2.75, 3.05) is 19.7 Å². The molecular formula is C11H16BrNOS. The Morgan fingerprint density at radius 2 is 2.40 bits per heavy atom. The summed E-state index contributed by atoms with van der Waals surface area (Å²) in [6.45, 7) is 8.39. The highest BCUT2D eigenvalue weighted by Crippen LogP contribution is 2.28. The van der Waals surface area contributed by atoms with Crippen LogP contribution in [0, 0.1) is 6.92 Å². The van der Waals surface area contributed by atoms with Crippen LogP contribution in [0.2, 0.25) is 0 Å². The van der Waals surface area contributed by atoms with E-state index in [0.717, 1.165) is 13.1 Å². The first-order valence-corrected chi connectivity index (χ1v) is 6.47. The number of hydrogen-bond donors (Lipinski definition) is 1. The summed E-state index contributed by atoms with van der Waals surface area (Å²) in [6, 6.07) is 2.18. The van der Waals surface area contributed by atoms with Gasteiger partial charge in [0.05, 0.1) is 10.4 Å². The summed E-state index contributed by atoms with van der Waals surface area (Å²) in [5.74, 6) is 0. The molecule has 0 spiro atoms. The van der Waals surface area contributed by atoms with Crippen molar-refractivity contribution in [1.82, 2.24) is 4.90 Å². The summed E-state index contributed by atoms with van der Waals surface area (Å²) < 4.78 is 1.19. The fraction of sp³-hybridized carbons (Fsp3) is 0.455. The van der Waals surface area contributed by atoms with Crippen molar-refractivity contribution in [1.29, 1.82) is 0 Å². The second-order valence-electron chi connectivity index (χ2n) is 3.42. The van der Waals surface area contributed by atoms with Crippen molar-refractivity contribution in [3.8, 4) is 0 Å². The van der Waals surface area contributed by atoms with Crippen LogP contribution in [0.25, 0.3) is 0 Å². The molecule has 0 aliphatic carbocycles. The normalized spacial score (nSPS) is 10.9. The average Bonchev–Trinajstić information content (AvgIpc) is 2.47. The fourth-order valence-electron chi connectivity index (χ4n) is 1.38. The van der Waals surface area contributed by atoms with E-state index in [1.54, 1.807) is 11.3 Å². The van der Waals surface area contributed by atoms with Gasteiger partial charge >= 0.3 is 0 Å². The van der Waals surface area contributed by atoms with Gasteiger partial charge in [-0.25, -0.2) is 0 Å². The van der Waals surface area contributed by atoms with Gasteiger partial charge in [-0.05, 0) is 34.5 Å². The number of thiophene rings is 1. The highest BCUT2D eigenvalue weighted by atomic mass is 79.9. The predicted molar refractivity (Wildman–Crippen MR) is 69.3 cm³/mol. The van der Waals surface area contributed by atoms with E-state index in [0.29, 0.717) is 6.54 Å². The molecule has 0 saturated heterocycles. The SMILES string of the molecule is C=CCN(CCO)Cc1cc(C)c(Br)s1. The molecular weight excluding hydrogens is 274 g/mol. The molecule has 0 aliphatic heterocycles. The minimum absolute atomic E-state index is 0.194. The summed E-state index contributed by atoms with van der Waals surface area (Å²) in [5.41, 5.74) is 1.28. The van der Waals surface area contributed by atoms with Gasteiger partial charge in [-0.3, -0.25) is 4.90 Å². The van der Waals surface area contributed by atoms with E-state index in [9.17, 15) is 0 Å². The van der Waals surface area contributed by atoms with Crippen LogP contribution in [0.15, 0.2) is 22.5 Å². The summed E-state index contributed by atoms with van der Waals surface area (Å²) in [5, 5.41) is 8.92. The molecule has 0 saturated carbocycles. The molecule has 0 fully saturated rings. The summed E-state index contributed by atoms with van der Waals surface area (Å²) in [6.07, 6.45) is 1.87. The maximum absolute atomic E-state index is 8.92. The van der Waals surface area contributed by atoms with Crippen molar-refractivity contribution in [3.63, 3.8) is 0 Å². The molecule has 1 aromatic heterocycles. The smallest absolute Gasteiger partial charge is 0.0730 e. The Bertz CT molecular complexity index is 305. The lowest BCUT2D eigenvalue weighted by Crippen LogP contribution is -2.26. The summed E-state index contributed by atoms with van der Waals surface area (Å²) in [4.78, 5) is 3.49. The van der Waals surface area contributed by atoms with Crippen LogP contribution in [0.3, 0.4) is 0 Å². The monoisotopic (exact) mass is 289 g/mol. The van der Waals surface area contributed by atoms with E-state index in [2.05, 4.69) is 40.4 Å². The van der Waals surface area contributed by atoms with Crippen LogP contribution < -0.4 is 0 Å². The van der Waals surface area contributed by atoms with Crippen LogP contribution in [-0.4, -0.2) is 29.7 Å². The zero-order chi connectivity index (χ0) is 11.3. The lowest BCUT2D eigenvalue weighted by Gasteiger charge is -2.18. The lowest BCUT2D eigenvalue weighted by molar-refractivity contribution is 0.204. The van der Waals surface area contributed by atoms with Gasteiger partial charge in [-0.15, -0.1) is 17.9 Å². The van der Waals surface area contributed by atoms with E-state index in [1.807, 2.05) is 6.08 Å². The molecule has 15 heavy (non-hydrogen) atoms. The standard InChI is InChI=1S/C11H16BrNOS/c1-3-4-13(5-6-14)8-10-7-9(2)11(12)15-10/h3,7,14H,1,4-6,8H2,2H3. The maximum Gasteiger partial charge on any atom is 0.0730 e. The average molecular weight is 290 g/mol. The largest absolute Gasteiger partial charge is 0.395 e. The van der Waals surface area contributed by atoms with Crippen LogP contribution in [0.4, 0.5) is 0 Å². The van der Waals surface area contributed by atoms with Gasteiger partial charge in [0.15, 0.2) is 0 Å². The van der Waals surface area contributed by atoms with E-state index in [1.165, 1.54) is 14.2 Å². The van der Waals surface area contributed by atoms with Crippen molar-refractivity contribution in [2.24, 2.45) is 0 Å². The first kappa shape index (κ1) is 12.9. The zero-order valence-electron chi connectivity index (χ0n) is 8.87. The Kier molecular flexibility index (Phi) is 5.53. The van der Waals surface area contributed by atoms with E-state index >= 15 is 0 Å². The highest BCUT2D eigenvalue weighted by molar-refractivity contribution is 9.11. The first-order valence-electron chi connectivity index (χ1n) is 4.86. The molecule has 4 heteroatoms. The van der Waals surface area contributed by atoms with Crippen LogP contribution >= 0.6 is 27.3 Å². The topological polar surface area (TPSA) is 23.5 Å². The second-order valence-corrected chi connectivity index (χ2v) is 5.87. The number of hydrogen-bond acceptors (Lipinski definition) is 3. The fourth-order valence-corrected chi connectivity index (χ4v) is 3.05. The zero-order valence-corrected chi connectivity index (χ0v) is 11.3. The van der Waals surface area contributed by atoms with Crippen LogP contribution in [0.1, 0.15) is 10.4 Å². The third-order valence-corrected chi connectivity index (χ3v) is 4.21. The number of aliphatic hydroxyl groups excluding tert-OH is 1. The molecule has 0 unspecified atom stereocenters. The van der Waals surface area contributed by atoms with Gasteiger partial charge in [0.1, 0.15) is 0 Å². The van der Waals surface area contributed by atoms with Gasteiger partial charge in [0.2, 0.25) is 0 Å². The molecule has 1 heterocycles. The first-order chi connectivity index (χ1) is 7.17. The van der Waals surface area contributed by atoms with Crippen molar-refractivity contribution < 1.29 is 5.11 Å². The number of aryl methyl sites for hydroxylation is 1. The highest BCUT2D eigenvalue weighted by Gasteiger charge is 2.07. The lowest BCUT2D eigenvalue weighted by atomic mass is 10.3. The second kappa shape index (κ2) is 6.43. The van der Waals surface area contributed by atoms with Gasteiger partial charge in [0, 0.05) is 24.5 Å². The van der Waals surface area contributed by atoms with Crippen molar-refractivity contribution in [3.05, 3.63) is 32.9 Å². The number of rotatable bonds is 6.